The molecule has 2 aromatic carbocycles. The van der Waals surface area contributed by atoms with Gasteiger partial charge >= 0.3 is 0 Å². The Morgan fingerprint density at radius 3 is 2.81 bits per heavy atom. The molecule has 1 aromatic heterocycles. The van der Waals surface area contributed by atoms with Crippen LogP contribution >= 0.6 is 11.6 Å². The van der Waals surface area contributed by atoms with E-state index >= 15 is 0 Å². The molecule has 3 rings (SSSR count). The molecule has 1 heterocycles. The summed E-state index contributed by atoms with van der Waals surface area (Å²) in [7, 11) is 0. The highest BCUT2D eigenvalue weighted by atomic mass is 35.5. The van der Waals surface area contributed by atoms with E-state index < -0.39 is 0 Å². The van der Waals surface area contributed by atoms with Gasteiger partial charge in [-0.3, -0.25) is 4.79 Å². The average Bonchev–Trinajstić information content (AvgIpc) is 2.50. The lowest BCUT2D eigenvalue weighted by molar-refractivity contribution is 0.305. The van der Waals surface area contributed by atoms with Crippen molar-refractivity contribution in [3.63, 3.8) is 0 Å². The van der Waals surface area contributed by atoms with Crippen molar-refractivity contribution in [1.82, 2.24) is 0 Å². The second-order valence-corrected chi connectivity index (χ2v) is 5.19. The summed E-state index contributed by atoms with van der Waals surface area (Å²) in [5.41, 5.74) is 2.53. The van der Waals surface area contributed by atoms with Gasteiger partial charge in [0.15, 0.2) is 0 Å². The first kappa shape index (κ1) is 13.7. The minimum atomic E-state index is -0.233. The molecule has 106 valence electrons. The van der Waals surface area contributed by atoms with E-state index in [0.29, 0.717) is 23.3 Å². The van der Waals surface area contributed by atoms with Crippen molar-refractivity contribution in [2.24, 2.45) is 0 Å². The molecule has 0 atom stereocenters. The van der Waals surface area contributed by atoms with E-state index in [1.165, 1.54) is 11.8 Å². The number of hydrogen-bond acceptors (Lipinski definition) is 3. The third-order valence-electron chi connectivity index (χ3n) is 3.36. The van der Waals surface area contributed by atoms with Crippen LogP contribution in [0.1, 0.15) is 11.1 Å². The standard InChI is InChI=1S/C17H13ClO3/c1-11-4-2-3-5-12(11)9-20-13-6-7-14-16(8-13)21-10-15(18)17(14)19/h2-8,10H,9H2,1H3. The monoisotopic (exact) mass is 300 g/mol. The Labute approximate surface area is 126 Å². The van der Waals surface area contributed by atoms with Crippen molar-refractivity contribution in [1.29, 1.82) is 0 Å². The van der Waals surface area contributed by atoms with E-state index in [1.54, 1.807) is 18.2 Å². The zero-order valence-electron chi connectivity index (χ0n) is 11.4. The van der Waals surface area contributed by atoms with Gasteiger partial charge in [0.25, 0.3) is 0 Å². The molecule has 0 aliphatic rings. The van der Waals surface area contributed by atoms with Crippen molar-refractivity contribution in [3.05, 3.63) is 75.1 Å². The molecule has 4 heteroatoms. The van der Waals surface area contributed by atoms with Gasteiger partial charge in [0.1, 0.15) is 29.2 Å². The maximum absolute atomic E-state index is 11.8. The van der Waals surface area contributed by atoms with E-state index in [1.807, 2.05) is 31.2 Å². The number of halogens is 1. The van der Waals surface area contributed by atoms with E-state index in [2.05, 4.69) is 0 Å². The molecule has 0 fully saturated rings. The van der Waals surface area contributed by atoms with Crippen LogP contribution in [0.2, 0.25) is 5.02 Å². The van der Waals surface area contributed by atoms with Gasteiger partial charge in [-0.1, -0.05) is 35.9 Å². The van der Waals surface area contributed by atoms with Crippen LogP contribution in [0.25, 0.3) is 11.0 Å². The lowest BCUT2D eigenvalue weighted by Crippen LogP contribution is -2.02. The summed E-state index contributed by atoms with van der Waals surface area (Å²) >= 11 is 5.75. The summed E-state index contributed by atoms with van der Waals surface area (Å²) in [6, 6.07) is 13.1. The van der Waals surface area contributed by atoms with Gasteiger partial charge in [0, 0.05) is 6.07 Å². The molecular weight excluding hydrogens is 288 g/mol. The number of rotatable bonds is 3. The largest absolute Gasteiger partial charge is 0.489 e. The number of hydrogen-bond donors (Lipinski definition) is 0. The first-order valence-electron chi connectivity index (χ1n) is 6.53. The number of aryl methyl sites for hydroxylation is 1. The maximum Gasteiger partial charge on any atom is 0.211 e. The molecule has 3 aromatic rings. The summed E-state index contributed by atoms with van der Waals surface area (Å²) in [5, 5.41) is 0.529. The fraction of sp³-hybridized carbons (Fsp3) is 0.118. The molecular formula is C17H13ClO3. The highest BCUT2D eigenvalue weighted by Gasteiger charge is 2.07. The topological polar surface area (TPSA) is 39.4 Å². The number of benzene rings is 2. The van der Waals surface area contributed by atoms with E-state index in [0.717, 1.165) is 5.56 Å². The van der Waals surface area contributed by atoms with Gasteiger partial charge < -0.3 is 9.15 Å². The van der Waals surface area contributed by atoms with Crippen molar-refractivity contribution in [2.45, 2.75) is 13.5 Å². The third-order valence-corrected chi connectivity index (χ3v) is 3.62. The quantitative estimate of drug-likeness (QED) is 0.722. The van der Waals surface area contributed by atoms with Crippen molar-refractivity contribution < 1.29 is 9.15 Å². The van der Waals surface area contributed by atoms with Crippen LogP contribution < -0.4 is 10.2 Å². The van der Waals surface area contributed by atoms with Crippen LogP contribution in [0, 0.1) is 6.92 Å². The minimum Gasteiger partial charge on any atom is -0.489 e. The highest BCUT2D eigenvalue weighted by molar-refractivity contribution is 6.30. The second-order valence-electron chi connectivity index (χ2n) is 4.79. The van der Waals surface area contributed by atoms with Crippen molar-refractivity contribution >= 4 is 22.6 Å². The van der Waals surface area contributed by atoms with Crippen LogP contribution in [0.4, 0.5) is 0 Å². The Bertz CT molecular complexity index is 852. The molecule has 0 saturated heterocycles. The van der Waals surface area contributed by atoms with Gasteiger partial charge in [0.2, 0.25) is 5.43 Å². The van der Waals surface area contributed by atoms with Crippen LogP contribution in [0.5, 0.6) is 5.75 Å². The molecule has 0 spiro atoms. The highest BCUT2D eigenvalue weighted by Crippen LogP contribution is 2.21. The van der Waals surface area contributed by atoms with Gasteiger partial charge in [0.05, 0.1) is 5.39 Å². The fourth-order valence-electron chi connectivity index (χ4n) is 2.11. The average molecular weight is 301 g/mol. The molecule has 0 amide bonds. The zero-order chi connectivity index (χ0) is 14.8. The molecule has 3 nitrogen and oxygen atoms in total. The van der Waals surface area contributed by atoms with Crippen molar-refractivity contribution in [3.8, 4) is 5.75 Å². The molecule has 0 aliphatic carbocycles. The summed E-state index contributed by atoms with van der Waals surface area (Å²) in [6.07, 6.45) is 1.25. The predicted octanol–water partition coefficient (Wildman–Crippen LogP) is 4.33. The summed E-state index contributed by atoms with van der Waals surface area (Å²) in [6.45, 7) is 2.51. The van der Waals surface area contributed by atoms with Crippen LogP contribution in [-0.2, 0) is 6.61 Å². The smallest absolute Gasteiger partial charge is 0.211 e. The number of fused-ring (bicyclic) bond motifs is 1. The normalized spacial score (nSPS) is 10.8. The summed E-state index contributed by atoms with van der Waals surface area (Å²) in [4.78, 5) is 11.8. The minimum absolute atomic E-state index is 0.0797. The Balaban J connectivity index is 1.87. The molecule has 0 radical (unpaired) electrons. The predicted molar refractivity (Wildman–Crippen MR) is 83.0 cm³/mol. The Hall–Kier alpha value is -2.26. The lowest BCUT2D eigenvalue weighted by Gasteiger charge is -2.09. The molecule has 0 unspecified atom stereocenters. The lowest BCUT2D eigenvalue weighted by atomic mass is 10.1. The Morgan fingerprint density at radius 2 is 2.00 bits per heavy atom. The molecule has 0 bridgehead atoms. The first-order chi connectivity index (χ1) is 10.1. The van der Waals surface area contributed by atoms with Gasteiger partial charge in [-0.2, -0.15) is 0 Å². The van der Waals surface area contributed by atoms with Crippen LogP contribution in [0.15, 0.2) is 57.9 Å². The van der Waals surface area contributed by atoms with E-state index in [9.17, 15) is 4.79 Å². The molecule has 0 aliphatic heterocycles. The first-order valence-corrected chi connectivity index (χ1v) is 6.91. The summed E-state index contributed by atoms with van der Waals surface area (Å²) in [5.74, 6) is 0.649. The zero-order valence-corrected chi connectivity index (χ0v) is 12.2. The SMILES string of the molecule is Cc1ccccc1COc1ccc2c(=O)c(Cl)coc2c1. The molecule has 21 heavy (non-hydrogen) atoms. The molecule has 0 N–H and O–H groups in total. The van der Waals surface area contributed by atoms with Crippen LogP contribution in [0.3, 0.4) is 0 Å². The molecule has 0 saturated carbocycles. The van der Waals surface area contributed by atoms with Gasteiger partial charge in [-0.05, 0) is 30.2 Å². The van der Waals surface area contributed by atoms with E-state index in [4.69, 9.17) is 20.8 Å². The Kier molecular flexibility index (Phi) is 3.67. The van der Waals surface area contributed by atoms with Crippen LogP contribution in [-0.4, -0.2) is 0 Å². The van der Waals surface area contributed by atoms with Gasteiger partial charge in [-0.15, -0.1) is 0 Å². The third kappa shape index (κ3) is 2.78. The fourth-order valence-corrected chi connectivity index (χ4v) is 2.25. The Morgan fingerprint density at radius 1 is 1.19 bits per heavy atom. The second kappa shape index (κ2) is 5.62. The van der Waals surface area contributed by atoms with E-state index in [-0.39, 0.29) is 10.5 Å². The maximum atomic E-state index is 11.8. The number of ether oxygens (including phenoxy) is 1. The van der Waals surface area contributed by atoms with Gasteiger partial charge in [-0.25, -0.2) is 0 Å². The van der Waals surface area contributed by atoms with Crippen molar-refractivity contribution in [2.75, 3.05) is 0 Å². The summed E-state index contributed by atoms with van der Waals surface area (Å²) < 4.78 is 11.1.